The SMILES string of the molecule is Cc1ccc(CC(N)C2CC(C)(C)OC2(C)C)cc1. The molecule has 0 amide bonds. The molecule has 2 atom stereocenters. The van der Waals surface area contributed by atoms with Crippen molar-refractivity contribution in [1.29, 1.82) is 0 Å². The van der Waals surface area contributed by atoms with Crippen LogP contribution in [0.1, 0.15) is 45.2 Å². The zero-order valence-corrected chi connectivity index (χ0v) is 12.9. The van der Waals surface area contributed by atoms with Crippen molar-refractivity contribution in [2.24, 2.45) is 11.7 Å². The molecule has 1 fully saturated rings. The minimum absolute atomic E-state index is 0.0565. The highest BCUT2D eigenvalue weighted by Gasteiger charge is 2.47. The molecule has 0 saturated carbocycles. The van der Waals surface area contributed by atoms with E-state index >= 15 is 0 Å². The van der Waals surface area contributed by atoms with E-state index in [0.29, 0.717) is 5.92 Å². The summed E-state index contributed by atoms with van der Waals surface area (Å²) in [4.78, 5) is 0. The predicted molar refractivity (Wildman–Crippen MR) is 80.2 cm³/mol. The van der Waals surface area contributed by atoms with Gasteiger partial charge in [-0.1, -0.05) is 29.8 Å². The predicted octanol–water partition coefficient (Wildman–Crippen LogP) is 3.46. The summed E-state index contributed by atoms with van der Waals surface area (Å²) >= 11 is 0. The lowest BCUT2D eigenvalue weighted by Crippen LogP contribution is -2.42. The lowest BCUT2D eigenvalue weighted by molar-refractivity contribution is -0.0765. The van der Waals surface area contributed by atoms with Gasteiger partial charge in [0.2, 0.25) is 0 Å². The highest BCUT2D eigenvalue weighted by Crippen LogP contribution is 2.43. The quantitative estimate of drug-likeness (QED) is 0.904. The molecule has 106 valence electrons. The summed E-state index contributed by atoms with van der Waals surface area (Å²) < 4.78 is 6.15. The van der Waals surface area contributed by atoms with Crippen LogP contribution in [0.2, 0.25) is 0 Å². The number of hydrogen-bond acceptors (Lipinski definition) is 2. The van der Waals surface area contributed by atoms with E-state index in [1.807, 2.05) is 0 Å². The van der Waals surface area contributed by atoms with Crippen LogP contribution in [-0.2, 0) is 11.2 Å². The van der Waals surface area contributed by atoms with Gasteiger partial charge in [-0.2, -0.15) is 0 Å². The van der Waals surface area contributed by atoms with Gasteiger partial charge in [0.15, 0.2) is 0 Å². The van der Waals surface area contributed by atoms with Crippen LogP contribution >= 0.6 is 0 Å². The highest BCUT2D eigenvalue weighted by molar-refractivity contribution is 5.22. The molecule has 1 saturated heterocycles. The maximum absolute atomic E-state index is 6.47. The van der Waals surface area contributed by atoms with E-state index in [9.17, 15) is 0 Å². The van der Waals surface area contributed by atoms with Crippen LogP contribution in [0.25, 0.3) is 0 Å². The van der Waals surface area contributed by atoms with E-state index in [1.165, 1.54) is 11.1 Å². The lowest BCUT2D eigenvalue weighted by atomic mass is 9.80. The summed E-state index contributed by atoms with van der Waals surface area (Å²) in [6.45, 7) is 10.8. The van der Waals surface area contributed by atoms with E-state index in [0.717, 1.165) is 12.8 Å². The second-order valence-electron chi connectivity index (χ2n) is 7.13. The Hall–Kier alpha value is -0.860. The van der Waals surface area contributed by atoms with E-state index in [-0.39, 0.29) is 17.2 Å². The maximum Gasteiger partial charge on any atom is 0.0677 e. The molecular formula is C17H27NO. The molecule has 0 aromatic heterocycles. The third kappa shape index (κ3) is 3.37. The fourth-order valence-electron chi connectivity index (χ4n) is 3.41. The Balaban J connectivity index is 2.07. The van der Waals surface area contributed by atoms with Crippen LogP contribution in [0.5, 0.6) is 0 Å². The number of rotatable bonds is 3. The average molecular weight is 261 g/mol. The Morgan fingerprint density at radius 1 is 1.21 bits per heavy atom. The van der Waals surface area contributed by atoms with Crippen molar-refractivity contribution in [3.8, 4) is 0 Å². The van der Waals surface area contributed by atoms with Crippen molar-refractivity contribution in [2.45, 2.75) is 64.7 Å². The summed E-state index contributed by atoms with van der Waals surface area (Å²) in [6, 6.07) is 8.83. The van der Waals surface area contributed by atoms with Crippen molar-refractivity contribution < 1.29 is 4.74 Å². The molecule has 2 rings (SSSR count). The van der Waals surface area contributed by atoms with Gasteiger partial charge < -0.3 is 10.5 Å². The second kappa shape index (κ2) is 4.92. The second-order valence-corrected chi connectivity index (χ2v) is 7.13. The third-order valence-corrected chi connectivity index (χ3v) is 4.25. The average Bonchev–Trinajstić information content (AvgIpc) is 2.50. The van der Waals surface area contributed by atoms with E-state index in [2.05, 4.69) is 58.9 Å². The van der Waals surface area contributed by atoms with E-state index in [4.69, 9.17) is 10.5 Å². The molecule has 2 unspecified atom stereocenters. The molecular weight excluding hydrogens is 234 g/mol. The lowest BCUT2D eigenvalue weighted by Gasteiger charge is -2.31. The van der Waals surface area contributed by atoms with Gasteiger partial charge in [0.1, 0.15) is 0 Å². The van der Waals surface area contributed by atoms with Crippen LogP contribution in [-0.4, -0.2) is 17.2 Å². The molecule has 19 heavy (non-hydrogen) atoms. The first-order valence-corrected chi connectivity index (χ1v) is 7.21. The van der Waals surface area contributed by atoms with Gasteiger partial charge in [-0.15, -0.1) is 0 Å². The molecule has 1 aromatic carbocycles. The smallest absolute Gasteiger partial charge is 0.0677 e. The molecule has 0 bridgehead atoms. The highest BCUT2D eigenvalue weighted by atomic mass is 16.5. The van der Waals surface area contributed by atoms with Gasteiger partial charge in [0.05, 0.1) is 11.2 Å². The topological polar surface area (TPSA) is 35.2 Å². The van der Waals surface area contributed by atoms with Gasteiger partial charge in [-0.05, 0) is 53.0 Å². The molecule has 0 spiro atoms. The zero-order valence-electron chi connectivity index (χ0n) is 12.9. The van der Waals surface area contributed by atoms with Crippen molar-refractivity contribution in [3.63, 3.8) is 0 Å². The van der Waals surface area contributed by atoms with Gasteiger partial charge in [0.25, 0.3) is 0 Å². The summed E-state index contributed by atoms with van der Waals surface area (Å²) in [6.07, 6.45) is 1.96. The number of nitrogens with two attached hydrogens (primary N) is 1. The van der Waals surface area contributed by atoms with Gasteiger partial charge in [-0.25, -0.2) is 0 Å². The Morgan fingerprint density at radius 3 is 2.26 bits per heavy atom. The third-order valence-electron chi connectivity index (χ3n) is 4.25. The standard InChI is InChI=1S/C17H27NO/c1-12-6-8-13(9-7-12)10-15(18)14-11-16(2,3)19-17(14,4)5/h6-9,14-15H,10-11,18H2,1-5H3. The summed E-state index contributed by atoms with van der Waals surface area (Å²) in [5.41, 5.74) is 8.89. The molecule has 1 aromatic rings. The molecule has 2 N–H and O–H groups in total. The fourth-order valence-corrected chi connectivity index (χ4v) is 3.41. The molecule has 2 heteroatoms. The van der Waals surface area contributed by atoms with Gasteiger partial charge in [-0.3, -0.25) is 0 Å². The first-order valence-electron chi connectivity index (χ1n) is 7.21. The monoisotopic (exact) mass is 261 g/mol. The first kappa shape index (κ1) is 14.5. The molecule has 0 aliphatic carbocycles. The summed E-state index contributed by atoms with van der Waals surface area (Å²) in [7, 11) is 0. The number of ether oxygens (including phenoxy) is 1. The van der Waals surface area contributed by atoms with Crippen LogP contribution in [0.4, 0.5) is 0 Å². The Bertz CT molecular complexity index is 433. The maximum atomic E-state index is 6.47. The van der Waals surface area contributed by atoms with Crippen molar-refractivity contribution in [1.82, 2.24) is 0 Å². The van der Waals surface area contributed by atoms with E-state index in [1.54, 1.807) is 0 Å². The minimum atomic E-state index is -0.131. The minimum Gasteiger partial charge on any atom is -0.369 e. The molecule has 0 radical (unpaired) electrons. The largest absolute Gasteiger partial charge is 0.369 e. The fraction of sp³-hybridized carbons (Fsp3) is 0.647. The molecule has 1 aliphatic rings. The van der Waals surface area contributed by atoms with Gasteiger partial charge in [0, 0.05) is 12.0 Å². The molecule has 1 aliphatic heterocycles. The Kier molecular flexibility index (Phi) is 3.76. The summed E-state index contributed by atoms with van der Waals surface area (Å²) in [5, 5.41) is 0. The van der Waals surface area contributed by atoms with Crippen LogP contribution < -0.4 is 5.73 Å². The number of hydrogen-bond donors (Lipinski definition) is 1. The molecule has 1 heterocycles. The van der Waals surface area contributed by atoms with E-state index < -0.39 is 0 Å². The van der Waals surface area contributed by atoms with Crippen LogP contribution in [0.3, 0.4) is 0 Å². The normalized spacial score (nSPS) is 26.3. The van der Waals surface area contributed by atoms with Gasteiger partial charge >= 0.3 is 0 Å². The van der Waals surface area contributed by atoms with Crippen LogP contribution in [0, 0.1) is 12.8 Å². The summed E-state index contributed by atoms with van der Waals surface area (Å²) in [5.74, 6) is 0.406. The van der Waals surface area contributed by atoms with Crippen molar-refractivity contribution in [3.05, 3.63) is 35.4 Å². The number of benzene rings is 1. The first-order chi connectivity index (χ1) is 8.70. The van der Waals surface area contributed by atoms with Crippen molar-refractivity contribution >= 4 is 0 Å². The Morgan fingerprint density at radius 2 is 1.79 bits per heavy atom. The Labute approximate surface area is 117 Å². The van der Waals surface area contributed by atoms with Crippen molar-refractivity contribution in [2.75, 3.05) is 0 Å². The molecule has 2 nitrogen and oxygen atoms in total. The van der Waals surface area contributed by atoms with Crippen LogP contribution in [0.15, 0.2) is 24.3 Å². The number of aryl methyl sites for hydroxylation is 1. The zero-order chi connectivity index (χ0) is 14.3.